The third kappa shape index (κ3) is 4.34. The fraction of sp³-hybridized carbons (Fsp3) is 0. The molecule has 0 amide bonds. The minimum atomic E-state index is -0.546. The molecule has 0 aliphatic rings. The SMILES string of the molecule is [Au+].[C-]#C.c1ccc(P(c2ccccc2)c2cccc3ccccc23)cc1. The second-order valence-electron chi connectivity index (χ2n) is 5.50. The van der Waals surface area contributed by atoms with Gasteiger partial charge in [-0.1, -0.05) is 103 Å². The van der Waals surface area contributed by atoms with Gasteiger partial charge < -0.3 is 12.8 Å². The van der Waals surface area contributed by atoms with Gasteiger partial charge in [0.15, 0.2) is 0 Å². The molecule has 0 spiro atoms. The summed E-state index contributed by atoms with van der Waals surface area (Å²) in [5.74, 6) is 0. The van der Waals surface area contributed by atoms with Gasteiger partial charge in [0, 0.05) is 0 Å². The number of benzene rings is 4. The van der Waals surface area contributed by atoms with Crippen molar-refractivity contribution in [3.8, 4) is 6.42 Å². The maximum Gasteiger partial charge on any atom is 1.00 e. The summed E-state index contributed by atoms with van der Waals surface area (Å²) in [6.45, 7) is 0. The summed E-state index contributed by atoms with van der Waals surface area (Å²) in [4.78, 5) is 0. The van der Waals surface area contributed by atoms with Gasteiger partial charge >= 0.3 is 22.4 Å². The molecule has 0 bridgehead atoms. The first-order valence-electron chi connectivity index (χ1n) is 8.10. The molecule has 0 aromatic heterocycles. The number of hydrogen-bond donors (Lipinski definition) is 0. The molecule has 0 unspecified atom stereocenters. The summed E-state index contributed by atoms with van der Waals surface area (Å²) in [5, 5.41) is 6.88. The largest absolute Gasteiger partial charge is 1.00 e. The van der Waals surface area contributed by atoms with Gasteiger partial charge in [0.25, 0.3) is 0 Å². The van der Waals surface area contributed by atoms with Crippen LogP contribution in [0.25, 0.3) is 10.8 Å². The van der Waals surface area contributed by atoms with Crippen molar-refractivity contribution in [2.24, 2.45) is 0 Å². The molecule has 0 atom stereocenters. The van der Waals surface area contributed by atoms with Gasteiger partial charge in [0.1, 0.15) is 0 Å². The van der Waals surface area contributed by atoms with Crippen LogP contribution < -0.4 is 15.9 Å². The van der Waals surface area contributed by atoms with Crippen LogP contribution in [0.2, 0.25) is 0 Å². The van der Waals surface area contributed by atoms with Gasteiger partial charge in [0.2, 0.25) is 0 Å². The van der Waals surface area contributed by atoms with Crippen molar-refractivity contribution in [3.63, 3.8) is 0 Å². The van der Waals surface area contributed by atoms with Crippen LogP contribution in [0, 0.1) is 12.8 Å². The summed E-state index contributed by atoms with van der Waals surface area (Å²) < 4.78 is 0. The second kappa shape index (κ2) is 10.1. The summed E-state index contributed by atoms with van der Waals surface area (Å²) >= 11 is 0. The number of hydrogen-bond acceptors (Lipinski definition) is 0. The first kappa shape index (κ1) is 20.2. The average Bonchev–Trinajstić information content (AvgIpc) is 2.72. The van der Waals surface area contributed by atoms with Gasteiger partial charge in [-0.15, -0.1) is 0 Å². The van der Waals surface area contributed by atoms with Gasteiger partial charge in [0.05, 0.1) is 0 Å². The Morgan fingerprint density at radius 3 is 1.58 bits per heavy atom. The molecule has 4 aromatic rings. The molecular weight excluding hydrogens is 516 g/mol. The Kier molecular flexibility index (Phi) is 7.86. The Morgan fingerprint density at radius 1 is 0.538 bits per heavy atom. The standard InChI is InChI=1S/C22H17P.C2H.Au/c1-3-12-19(13-4-1)23(20-14-5-2-6-15-20)22-17-9-11-18-10-7-8-16-21(18)22;1-2;/h1-17H;1H;/q;-1;+1. The molecule has 0 nitrogen and oxygen atoms in total. The molecule has 0 aliphatic heterocycles. The van der Waals surface area contributed by atoms with Crippen molar-refractivity contribution in [2.45, 2.75) is 0 Å². The fourth-order valence-electron chi connectivity index (χ4n) is 2.98. The van der Waals surface area contributed by atoms with Gasteiger partial charge in [-0.25, -0.2) is 0 Å². The topological polar surface area (TPSA) is 0 Å². The van der Waals surface area contributed by atoms with Crippen LogP contribution >= 0.6 is 7.92 Å². The Labute approximate surface area is 172 Å². The Balaban J connectivity index is 0.000000784. The average molecular weight is 534 g/mol. The Bertz CT molecular complexity index is 917. The molecule has 0 saturated heterocycles. The molecule has 130 valence electrons. The van der Waals surface area contributed by atoms with Crippen LogP contribution in [-0.4, -0.2) is 0 Å². The van der Waals surface area contributed by atoms with Gasteiger partial charge in [-0.2, -0.15) is 0 Å². The van der Waals surface area contributed by atoms with E-state index in [1.165, 1.54) is 26.7 Å². The maximum atomic E-state index is 5.25. The number of terminal acetylenes is 1. The molecular formula is C24H18AuP. The van der Waals surface area contributed by atoms with Gasteiger partial charge in [-0.05, 0) is 34.6 Å². The first-order chi connectivity index (χ1) is 12.4. The van der Waals surface area contributed by atoms with Crippen LogP contribution in [0.1, 0.15) is 0 Å². The molecule has 0 fully saturated rings. The van der Waals surface area contributed by atoms with E-state index in [1.807, 2.05) is 0 Å². The third-order valence-corrected chi connectivity index (χ3v) is 6.54. The minimum absolute atomic E-state index is 0. The predicted octanol–water partition coefficient (Wildman–Crippen LogP) is 4.80. The van der Waals surface area contributed by atoms with E-state index in [9.17, 15) is 0 Å². The van der Waals surface area contributed by atoms with E-state index >= 15 is 0 Å². The minimum Gasteiger partial charge on any atom is -0.697 e. The monoisotopic (exact) mass is 534 g/mol. The van der Waals surface area contributed by atoms with Crippen molar-refractivity contribution >= 4 is 34.6 Å². The van der Waals surface area contributed by atoms with E-state index in [-0.39, 0.29) is 22.4 Å². The fourth-order valence-corrected chi connectivity index (χ4v) is 5.46. The van der Waals surface area contributed by atoms with Crippen molar-refractivity contribution in [2.75, 3.05) is 0 Å². The molecule has 26 heavy (non-hydrogen) atoms. The van der Waals surface area contributed by atoms with E-state index < -0.39 is 7.92 Å². The van der Waals surface area contributed by atoms with E-state index in [0.717, 1.165) is 0 Å². The second-order valence-corrected chi connectivity index (χ2v) is 7.69. The van der Waals surface area contributed by atoms with E-state index in [0.29, 0.717) is 0 Å². The number of rotatable bonds is 3. The molecule has 0 aliphatic carbocycles. The normalized spacial score (nSPS) is 9.81. The van der Waals surface area contributed by atoms with Crippen LogP contribution in [-0.2, 0) is 22.4 Å². The Hall–Kier alpha value is -2.13. The summed E-state index contributed by atoms with van der Waals surface area (Å²) in [7, 11) is -0.546. The van der Waals surface area contributed by atoms with Crippen molar-refractivity contribution in [1.29, 1.82) is 0 Å². The van der Waals surface area contributed by atoms with Crippen molar-refractivity contribution < 1.29 is 22.4 Å². The van der Waals surface area contributed by atoms with E-state index in [2.05, 4.69) is 110 Å². The smallest absolute Gasteiger partial charge is 0.697 e. The molecule has 2 heteroatoms. The first-order valence-corrected chi connectivity index (χ1v) is 9.44. The molecule has 0 saturated carbocycles. The van der Waals surface area contributed by atoms with Crippen LogP contribution in [0.4, 0.5) is 0 Å². The quantitative estimate of drug-likeness (QED) is 0.153. The number of fused-ring (bicyclic) bond motifs is 1. The van der Waals surface area contributed by atoms with Gasteiger partial charge in [-0.3, -0.25) is 0 Å². The van der Waals surface area contributed by atoms with E-state index in [1.54, 1.807) is 0 Å². The molecule has 0 heterocycles. The molecule has 4 rings (SSSR count). The van der Waals surface area contributed by atoms with Crippen LogP contribution in [0.3, 0.4) is 0 Å². The van der Waals surface area contributed by atoms with Crippen LogP contribution in [0.5, 0.6) is 0 Å². The predicted molar refractivity (Wildman–Crippen MR) is 111 cm³/mol. The van der Waals surface area contributed by atoms with Crippen molar-refractivity contribution in [3.05, 3.63) is 110 Å². The Morgan fingerprint density at radius 2 is 1.00 bits per heavy atom. The zero-order chi connectivity index (χ0) is 17.5. The summed E-state index contributed by atoms with van der Waals surface area (Å²) in [6, 6.07) is 37.1. The van der Waals surface area contributed by atoms with Crippen molar-refractivity contribution in [1.82, 2.24) is 0 Å². The van der Waals surface area contributed by atoms with Crippen LogP contribution in [0.15, 0.2) is 103 Å². The summed E-state index contributed by atoms with van der Waals surface area (Å²) in [6.07, 6.45) is 9.00. The molecule has 0 N–H and O–H groups in total. The zero-order valence-corrected chi connectivity index (χ0v) is 17.2. The maximum absolute atomic E-state index is 5.25. The summed E-state index contributed by atoms with van der Waals surface area (Å²) in [5.41, 5.74) is 0. The molecule has 0 radical (unpaired) electrons. The molecule has 4 aromatic carbocycles. The third-order valence-electron chi connectivity index (χ3n) is 4.04. The zero-order valence-electron chi connectivity index (χ0n) is 14.1. The van der Waals surface area contributed by atoms with E-state index in [4.69, 9.17) is 6.42 Å².